The van der Waals surface area contributed by atoms with Crippen LogP contribution in [0.1, 0.15) is 17.0 Å². The lowest BCUT2D eigenvalue weighted by atomic mass is 10.1. The number of hydrogen-bond acceptors (Lipinski definition) is 6. The van der Waals surface area contributed by atoms with Crippen molar-refractivity contribution < 1.29 is 14.2 Å². The van der Waals surface area contributed by atoms with Crippen molar-refractivity contribution >= 4 is 16.7 Å². The molecule has 0 aliphatic heterocycles. The molecule has 31 heavy (non-hydrogen) atoms. The van der Waals surface area contributed by atoms with Crippen molar-refractivity contribution in [1.29, 1.82) is 0 Å². The molecule has 0 radical (unpaired) electrons. The third-order valence-electron chi connectivity index (χ3n) is 5.10. The van der Waals surface area contributed by atoms with Gasteiger partial charge >= 0.3 is 0 Å². The number of nitrogens with one attached hydrogen (secondary N) is 1. The van der Waals surface area contributed by atoms with Crippen LogP contribution in [-0.2, 0) is 13.0 Å². The fraction of sp³-hybridized carbons (Fsp3) is 0.200. The van der Waals surface area contributed by atoms with Gasteiger partial charge in [-0.2, -0.15) is 0 Å². The van der Waals surface area contributed by atoms with Crippen LogP contribution in [0, 0.1) is 0 Å². The highest BCUT2D eigenvalue weighted by molar-refractivity contribution is 5.89. The fourth-order valence-electron chi connectivity index (χ4n) is 3.54. The lowest BCUT2D eigenvalue weighted by molar-refractivity contribution is 0.369. The van der Waals surface area contributed by atoms with E-state index in [1.54, 1.807) is 21.3 Å². The molecule has 0 unspecified atom stereocenters. The molecule has 4 rings (SSSR count). The molecule has 1 N–H and O–H groups in total. The van der Waals surface area contributed by atoms with Crippen LogP contribution in [0.4, 0.5) is 5.82 Å². The molecule has 0 aliphatic carbocycles. The number of hydrogen-bond donors (Lipinski definition) is 1. The molecule has 3 aromatic carbocycles. The zero-order valence-electron chi connectivity index (χ0n) is 17.9. The van der Waals surface area contributed by atoms with Crippen molar-refractivity contribution in [3.8, 4) is 17.2 Å². The Morgan fingerprint density at radius 2 is 1.45 bits per heavy atom. The molecular formula is C25H25N3O3. The maximum Gasteiger partial charge on any atom is 0.137 e. The van der Waals surface area contributed by atoms with Crippen LogP contribution in [-0.4, -0.2) is 31.3 Å². The Hall–Kier alpha value is -3.80. The monoisotopic (exact) mass is 415 g/mol. The Bertz CT molecular complexity index is 1150. The molecule has 0 atom stereocenters. The minimum atomic E-state index is 0.474. The van der Waals surface area contributed by atoms with Gasteiger partial charge in [-0.05, 0) is 17.7 Å². The van der Waals surface area contributed by atoms with E-state index in [0.717, 1.165) is 28.1 Å². The van der Waals surface area contributed by atoms with Gasteiger partial charge < -0.3 is 19.5 Å². The van der Waals surface area contributed by atoms with E-state index < -0.39 is 0 Å². The van der Waals surface area contributed by atoms with Gasteiger partial charge in [0.1, 0.15) is 28.9 Å². The maximum absolute atomic E-state index is 5.58. The summed E-state index contributed by atoms with van der Waals surface area (Å²) in [5.41, 5.74) is 2.96. The van der Waals surface area contributed by atoms with Gasteiger partial charge in [0, 0.05) is 30.5 Å². The molecule has 158 valence electrons. The topological polar surface area (TPSA) is 65.5 Å². The summed E-state index contributed by atoms with van der Waals surface area (Å²) in [7, 11) is 4.89. The van der Waals surface area contributed by atoms with Gasteiger partial charge in [0.2, 0.25) is 0 Å². The SMILES string of the molecule is COc1cc(OC)c(CNc2nc(Cc3ccccc3)nc3ccccc23)c(OC)c1. The Labute approximate surface area is 181 Å². The fourth-order valence-corrected chi connectivity index (χ4v) is 3.54. The second-order valence-electron chi connectivity index (χ2n) is 7.03. The predicted molar refractivity (Wildman–Crippen MR) is 122 cm³/mol. The lowest BCUT2D eigenvalue weighted by Gasteiger charge is -2.17. The zero-order chi connectivity index (χ0) is 21.6. The van der Waals surface area contributed by atoms with E-state index in [-0.39, 0.29) is 0 Å². The Morgan fingerprint density at radius 3 is 2.13 bits per heavy atom. The molecule has 0 amide bonds. The number of fused-ring (bicyclic) bond motifs is 1. The van der Waals surface area contributed by atoms with Gasteiger partial charge in [0.25, 0.3) is 0 Å². The van der Waals surface area contributed by atoms with Gasteiger partial charge in [0.05, 0.1) is 32.4 Å². The molecule has 0 bridgehead atoms. The van der Waals surface area contributed by atoms with E-state index in [9.17, 15) is 0 Å². The first-order valence-corrected chi connectivity index (χ1v) is 10.0. The highest BCUT2D eigenvalue weighted by Gasteiger charge is 2.15. The zero-order valence-corrected chi connectivity index (χ0v) is 17.9. The summed E-state index contributed by atoms with van der Waals surface area (Å²) >= 11 is 0. The molecule has 0 saturated heterocycles. The number of para-hydroxylation sites is 1. The summed E-state index contributed by atoms with van der Waals surface area (Å²) in [6, 6.07) is 21.9. The van der Waals surface area contributed by atoms with Crippen molar-refractivity contribution in [1.82, 2.24) is 9.97 Å². The molecule has 0 saturated carbocycles. The molecule has 0 aliphatic rings. The highest BCUT2D eigenvalue weighted by atomic mass is 16.5. The summed E-state index contributed by atoms with van der Waals surface area (Å²) in [6.45, 7) is 0.474. The van der Waals surface area contributed by atoms with Crippen LogP contribution in [0.2, 0.25) is 0 Å². The minimum Gasteiger partial charge on any atom is -0.496 e. The van der Waals surface area contributed by atoms with Crippen LogP contribution in [0.25, 0.3) is 10.9 Å². The van der Waals surface area contributed by atoms with E-state index in [2.05, 4.69) is 17.4 Å². The number of anilines is 1. The smallest absolute Gasteiger partial charge is 0.137 e. The summed E-state index contributed by atoms with van der Waals surface area (Å²) < 4.78 is 16.5. The first-order valence-electron chi connectivity index (χ1n) is 10.0. The third-order valence-corrected chi connectivity index (χ3v) is 5.10. The van der Waals surface area contributed by atoms with E-state index in [1.807, 2.05) is 54.6 Å². The highest BCUT2D eigenvalue weighted by Crippen LogP contribution is 2.35. The van der Waals surface area contributed by atoms with E-state index in [0.29, 0.717) is 30.2 Å². The van der Waals surface area contributed by atoms with Gasteiger partial charge in [-0.15, -0.1) is 0 Å². The Balaban J connectivity index is 1.68. The Kier molecular flexibility index (Phi) is 6.17. The summed E-state index contributed by atoms with van der Waals surface area (Å²) in [4.78, 5) is 9.59. The van der Waals surface area contributed by atoms with Gasteiger partial charge in [-0.1, -0.05) is 42.5 Å². The summed E-state index contributed by atoms with van der Waals surface area (Å²) in [5.74, 6) is 3.59. The lowest BCUT2D eigenvalue weighted by Crippen LogP contribution is -2.08. The van der Waals surface area contributed by atoms with Crippen LogP contribution < -0.4 is 19.5 Å². The first kappa shape index (κ1) is 20.5. The molecular weight excluding hydrogens is 390 g/mol. The number of rotatable bonds is 8. The quantitative estimate of drug-likeness (QED) is 0.443. The normalized spacial score (nSPS) is 10.7. The van der Waals surface area contributed by atoms with Crippen LogP contribution in [0.15, 0.2) is 66.7 Å². The van der Waals surface area contributed by atoms with Gasteiger partial charge in [-0.3, -0.25) is 0 Å². The van der Waals surface area contributed by atoms with Crippen LogP contribution in [0.3, 0.4) is 0 Å². The van der Waals surface area contributed by atoms with Gasteiger partial charge in [0.15, 0.2) is 0 Å². The molecule has 1 heterocycles. The van der Waals surface area contributed by atoms with Crippen molar-refractivity contribution in [2.24, 2.45) is 0 Å². The van der Waals surface area contributed by atoms with Crippen molar-refractivity contribution in [3.05, 3.63) is 83.7 Å². The average molecular weight is 415 g/mol. The maximum atomic E-state index is 5.58. The second kappa shape index (κ2) is 9.34. The summed E-state index contributed by atoms with van der Waals surface area (Å²) in [5, 5.41) is 4.43. The van der Waals surface area contributed by atoms with E-state index in [1.165, 1.54) is 5.56 Å². The predicted octanol–water partition coefficient (Wildman–Crippen LogP) is 4.86. The first-order chi connectivity index (χ1) is 15.2. The number of methoxy groups -OCH3 is 3. The van der Waals surface area contributed by atoms with Crippen molar-refractivity contribution in [2.45, 2.75) is 13.0 Å². The number of benzene rings is 3. The van der Waals surface area contributed by atoms with Crippen LogP contribution >= 0.6 is 0 Å². The van der Waals surface area contributed by atoms with E-state index in [4.69, 9.17) is 24.2 Å². The van der Waals surface area contributed by atoms with Crippen molar-refractivity contribution in [2.75, 3.05) is 26.6 Å². The van der Waals surface area contributed by atoms with Crippen molar-refractivity contribution in [3.63, 3.8) is 0 Å². The largest absolute Gasteiger partial charge is 0.496 e. The van der Waals surface area contributed by atoms with E-state index >= 15 is 0 Å². The molecule has 0 spiro atoms. The van der Waals surface area contributed by atoms with Gasteiger partial charge in [-0.25, -0.2) is 9.97 Å². The second-order valence-corrected chi connectivity index (χ2v) is 7.03. The average Bonchev–Trinajstić information content (AvgIpc) is 2.82. The molecule has 6 heteroatoms. The standard InChI is InChI=1S/C25H25N3O3/c1-29-18-14-22(30-2)20(23(15-18)31-3)16-26-25-19-11-7-8-12-21(19)27-24(28-25)13-17-9-5-4-6-10-17/h4-12,14-15H,13,16H2,1-3H3,(H,26,27,28). The Morgan fingerprint density at radius 1 is 0.774 bits per heavy atom. The molecule has 4 aromatic rings. The number of aromatic nitrogens is 2. The number of nitrogens with zero attached hydrogens (tertiary/aromatic N) is 2. The molecule has 1 aromatic heterocycles. The number of ether oxygens (including phenoxy) is 3. The third kappa shape index (κ3) is 4.53. The minimum absolute atomic E-state index is 0.474. The summed E-state index contributed by atoms with van der Waals surface area (Å²) in [6.07, 6.45) is 0.662. The molecule has 0 fully saturated rings. The molecule has 6 nitrogen and oxygen atoms in total. The van der Waals surface area contributed by atoms with Crippen LogP contribution in [0.5, 0.6) is 17.2 Å².